The van der Waals surface area contributed by atoms with Crippen molar-refractivity contribution in [2.24, 2.45) is 0 Å². The van der Waals surface area contributed by atoms with E-state index in [1.54, 1.807) is 6.08 Å². The number of para-hydroxylation sites is 1. The molecule has 0 aliphatic carbocycles. The van der Waals surface area contributed by atoms with E-state index in [0.29, 0.717) is 19.0 Å². The van der Waals surface area contributed by atoms with Crippen molar-refractivity contribution in [3.63, 3.8) is 0 Å². The number of hydrogen-bond acceptors (Lipinski definition) is 4. The highest BCUT2D eigenvalue weighted by atomic mass is 79.9. The van der Waals surface area contributed by atoms with Gasteiger partial charge >= 0.3 is 5.97 Å². The van der Waals surface area contributed by atoms with E-state index < -0.39 is 0 Å². The Kier molecular flexibility index (Phi) is 11.4. The molecule has 0 amide bonds. The lowest BCUT2D eigenvalue weighted by molar-refractivity contribution is -0.137. The van der Waals surface area contributed by atoms with E-state index in [-0.39, 0.29) is 5.97 Å². The molecule has 0 aromatic heterocycles. The zero-order valence-corrected chi connectivity index (χ0v) is 25.7. The maximum absolute atomic E-state index is 12.1. The van der Waals surface area contributed by atoms with Gasteiger partial charge in [0.2, 0.25) is 0 Å². The van der Waals surface area contributed by atoms with E-state index in [1.807, 2.05) is 48.5 Å². The van der Waals surface area contributed by atoms with Gasteiger partial charge in [-0.25, -0.2) is 4.79 Å². The van der Waals surface area contributed by atoms with Crippen LogP contribution < -0.4 is 9.64 Å². The molecule has 0 radical (unpaired) electrons. The second-order valence-corrected chi connectivity index (χ2v) is 11.2. The van der Waals surface area contributed by atoms with Crippen LogP contribution in [0.1, 0.15) is 43.7 Å². The average Bonchev–Trinajstić information content (AvgIpc) is 2.98. The van der Waals surface area contributed by atoms with Crippen LogP contribution in [0, 0.1) is 0 Å². The van der Waals surface area contributed by atoms with Gasteiger partial charge in [-0.3, -0.25) is 0 Å². The van der Waals surface area contributed by atoms with Crippen molar-refractivity contribution >= 4 is 61.0 Å². The smallest absolute Gasteiger partial charge is 0.330 e. The summed E-state index contributed by atoms with van der Waals surface area (Å²) >= 11 is 7.07. The fourth-order valence-corrected chi connectivity index (χ4v) is 4.72. The second-order valence-electron chi connectivity index (χ2n) is 9.34. The van der Waals surface area contributed by atoms with Gasteiger partial charge in [-0.2, -0.15) is 0 Å². The van der Waals surface area contributed by atoms with Crippen molar-refractivity contribution in [3.8, 4) is 5.75 Å². The molecule has 4 aromatic rings. The van der Waals surface area contributed by atoms with Gasteiger partial charge in [-0.15, -0.1) is 0 Å². The number of ether oxygens (including phenoxy) is 2. The molecule has 0 spiro atoms. The number of nitrogens with zero attached hydrogens (tertiary/aromatic N) is 1. The summed E-state index contributed by atoms with van der Waals surface area (Å²) in [5.41, 5.74) is 5.05. The van der Waals surface area contributed by atoms with E-state index >= 15 is 0 Å². The molecule has 0 unspecified atom stereocenters. The number of unbranched alkanes of at least 4 members (excludes halogenated alkanes) is 3. The third-order valence-corrected chi connectivity index (χ3v) is 7.38. The second kappa shape index (κ2) is 15.4. The number of benzene rings is 4. The molecule has 4 rings (SSSR count). The van der Waals surface area contributed by atoms with Crippen LogP contribution in [0.4, 0.5) is 17.1 Å². The molecule has 0 saturated carbocycles. The van der Waals surface area contributed by atoms with Crippen molar-refractivity contribution < 1.29 is 14.3 Å². The first kappa shape index (κ1) is 29.6. The Morgan fingerprint density at radius 3 is 1.93 bits per heavy atom. The van der Waals surface area contributed by atoms with Gasteiger partial charge in [-0.05, 0) is 84.8 Å². The SMILES string of the molecule is CCCCCCOC(=O)/C=C/c1ccccc1OCc1ccc(N(c2ccc(Br)cc2)c2ccc(Br)cc2)cc1. The van der Waals surface area contributed by atoms with E-state index in [9.17, 15) is 4.79 Å². The van der Waals surface area contributed by atoms with Crippen molar-refractivity contribution in [1.29, 1.82) is 0 Å². The van der Waals surface area contributed by atoms with Gasteiger partial charge in [0.25, 0.3) is 0 Å². The molecule has 0 bridgehead atoms. The van der Waals surface area contributed by atoms with Gasteiger partial charge in [0.1, 0.15) is 12.4 Å². The molecule has 40 heavy (non-hydrogen) atoms. The maximum Gasteiger partial charge on any atom is 0.330 e. The first-order valence-electron chi connectivity index (χ1n) is 13.5. The summed E-state index contributed by atoms with van der Waals surface area (Å²) in [6.45, 7) is 3.02. The average molecular weight is 663 g/mol. The third kappa shape index (κ3) is 8.83. The monoisotopic (exact) mass is 661 g/mol. The molecule has 0 fully saturated rings. The standard InChI is InChI=1S/C34H33Br2NO3/c1-2-3-4-7-24-39-34(38)23-12-27-8-5-6-9-33(27)40-25-26-10-17-30(18-11-26)37(31-19-13-28(35)14-20-31)32-21-15-29(36)16-22-32/h5-6,8-23H,2-4,7,24-25H2,1H3/b23-12+. The Balaban J connectivity index is 1.42. The van der Waals surface area contributed by atoms with Gasteiger partial charge < -0.3 is 14.4 Å². The van der Waals surface area contributed by atoms with Crippen molar-refractivity contribution in [2.75, 3.05) is 11.5 Å². The van der Waals surface area contributed by atoms with E-state index in [0.717, 1.165) is 62.8 Å². The van der Waals surface area contributed by atoms with Crippen molar-refractivity contribution in [3.05, 3.63) is 123 Å². The lowest BCUT2D eigenvalue weighted by Crippen LogP contribution is -2.10. The topological polar surface area (TPSA) is 38.8 Å². The highest BCUT2D eigenvalue weighted by Crippen LogP contribution is 2.35. The molecule has 206 valence electrons. The fourth-order valence-electron chi connectivity index (χ4n) is 4.19. The van der Waals surface area contributed by atoms with Gasteiger partial charge in [-0.1, -0.05) is 88.4 Å². The Morgan fingerprint density at radius 2 is 1.32 bits per heavy atom. The van der Waals surface area contributed by atoms with Crippen LogP contribution in [0.2, 0.25) is 0 Å². The van der Waals surface area contributed by atoms with E-state index in [2.05, 4.69) is 92.2 Å². The number of rotatable bonds is 13. The molecular weight excluding hydrogens is 630 g/mol. The number of carbonyl (C=O) groups excluding carboxylic acids is 1. The minimum absolute atomic E-state index is 0.331. The van der Waals surface area contributed by atoms with Gasteiger partial charge in [0, 0.05) is 37.6 Å². The summed E-state index contributed by atoms with van der Waals surface area (Å²) in [5, 5.41) is 0. The molecule has 6 heteroatoms. The normalized spacial score (nSPS) is 11.0. The molecule has 4 aromatic carbocycles. The van der Waals surface area contributed by atoms with Crippen LogP contribution in [0.15, 0.2) is 112 Å². The summed E-state index contributed by atoms with van der Waals surface area (Å²) < 4.78 is 13.5. The van der Waals surface area contributed by atoms with Crippen LogP contribution in [-0.2, 0) is 16.1 Å². The Bertz CT molecular complexity index is 1340. The summed E-state index contributed by atoms with van der Waals surface area (Å²) in [7, 11) is 0. The first-order chi connectivity index (χ1) is 19.5. The van der Waals surface area contributed by atoms with Crippen LogP contribution in [0.5, 0.6) is 5.75 Å². The molecule has 0 aliphatic heterocycles. The molecule has 0 saturated heterocycles. The van der Waals surface area contributed by atoms with Gasteiger partial charge in [0.15, 0.2) is 0 Å². The predicted molar refractivity (Wildman–Crippen MR) is 171 cm³/mol. The first-order valence-corrected chi connectivity index (χ1v) is 15.1. The molecule has 0 aliphatic rings. The number of hydrogen-bond donors (Lipinski definition) is 0. The highest BCUT2D eigenvalue weighted by molar-refractivity contribution is 9.10. The summed E-state index contributed by atoms with van der Waals surface area (Å²) in [5.74, 6) is 0.382. The number of carbonyl (C=O) groups is 1. The summed E-state index contributed by atoms with van der Waals surface area (Å²) in [4.78, 5) is 14.3. The molecule has 4 nitrogen and oxygen atoms in total. The Morgan fingerprint density at radius 1 is 0.750 bits per heavy atom. The maximum atomic E-state index is 12.1. The zero-order valence-electron chi connectivity index (χ0n) is 22.6. The fraction of sp³-hybridized carbons (Fsp3) is 0.206. The van der Waals surface area contributed by atoms with E-state index in [1.165, 1.54) is 6.08 Å². The molecular formula is C34H33Br2NO3. The summed E-state index contributed by atoms with van der Waals surface area (Å²) in [6, 6.07) is 32.6. The Hall–Kier alpha value is -3.35. The quantitative estimate of drug-likeness (QED) is 0.0811. The van der Waals surface area contributed by atoms with Crippen LogP contribution in [-0.4, -0.2) is 12.6 Å². The largest absolute Gasteiger partial charge is 0.488 e. The summed E-state index contributed by atoms with van der Waals surface area (Å²) in [6.07, 6.45) is 7.52. The van der Waals surface area contributed by atoms with Crippen LogP contribution in [0.3, 0.4) is 0 Å². The minimum atomic E-state index is -0.331. The van der Waals surface area contributed by atoms with Crippen LogP contribution in [0.25, 0.3) is 6.08 Å². The van der Waals surface area contributed by atoms with Crippen molar-refractivity contribution in [2.45, 2.75) is 39.2 Å². The number of anilines is 3. The van der Waals surface area contributed by atoms with Gasteiger partial charge in [0.05, 0.1) is 6.61 Å². The number of halogens is 2. The van der Waals surface area contributed by atoms with Crippen molar-refractivity contribution in [1.82, 2.24) is 0 Å². The highest BCUT2D eigenvalue weighted by Gasteiger charge is 2.13. The predicted octanol–water partition coefficient (Wildman–Crippen LogP) is 10.4. The molecule has 0 N–H and O–H groups in total. The third-order valence-electron chi connectivity index (χ3n) is 6.32. The lowest BCUT2D eigenvalue weighted by atomic mass is 10.1. The minimum Gasteiger partial charge on any atom is -0.488 e. The van der Waals surface area contributed by atoms with E-state index in [4.69, 9.17) is 9.47 Å². The lowest BCUT2D eigenvalue weighted by Gasteiger charge is -2.25. The molecule has 0 heterocycles. The zero-order chi connectivity index (χ0) is 28.2. The number of esters is 1. The Labute approximate surface area is 253 Å². The van der Waals surface area contributed by atoms with Crippen LogP contribution >= 0.6 is 31.9 Å². The molecule has 0 atom stereocenters.